The van der Waals surface area contributed by atoms with Crippen LogP contribution in [-0.2, 0) is 14.3 Å². The monoisotopic (exact) mass is 458 g/mol. The fourth-order valence-electron chi connectivity index (χ4n) is 2.57. The second-order valence-corrected chi connectivity index (χ2v) is 6.62. The minimum atomic E-state index is -1.06. The van der Waals surface area contributed by atoms with Gasteiger partial charge in [0.1, 0.15) is 23.9 Å². The van der Waals surface area contributed by atoms with Gasteiger partial charge in [-0.2, -0.15) is 0 Å². The van der Waals surface area contributed by atoms with E-state index in [1.54, 1.807) is 44.6 Å². The van der Waals surface area contributed by atoms with Crippen LogP contribution >= 0.6 is 0 Å². The molecule has 33 heavy (non-hydrogen) atoms. The lowest BCUT2D eigenvalue weighted by molar-refractivity contribution is -0.128. The Balaban J connectivity index is 1.80. The van der Waals surface area contributed by atoms with Crippen LogP contribution in [-0.4, -0.2) is 51.6 Å². The number of nitrogens with one attached hydrogen (secondary N) is 1. The number of ether oxygens (including phenoxy) is 5. The first-order valence-corrected chi connectivity index (χ1v) is 9.90. The van der Waals surface area contributed by atoms with E-state index in [9.17, 15) is 14.4 Å². The molecule has 0 fully saturated rings. The zero-order valence-electron chi connectivity index (χ0n) is 18.5. The number of amides is 2. The Bertz CT molecular complexity index is 966. The summed E-state index contributed by atoms with van der Waals surface area (Å²) in [6, 6.07) is 12.3. The minimum absolute atomic E-state index is 0.0131. The number of primary amides is 1. The smallest absolute Gasteiger partial charge is 0.497 e. The van der Waals surface area contributed by atoms with Gasteiger partial charge in [0.15, 0.2) is 6.10 Å². The van der Waals surface area contributed by atoms with Gasteiger partial charge in [-0.1, -0.05) is 24.3 Å². The van der Waals surface area contributed by atoms with Crippen LogP contribution in [0, 0.1) is 0 Å². The van der Waals surface area contributed by atoms with Gasteiger partial charge >= 0.3 is 12.2 Å². The maximum absolute atomic E-state index is 11.8. The normalized spacial score (nSPS) is 11.4. The highest BCUT2D eigenvalue weighted by molar-refractivity contribution is 5.82. The van der Waals surface area contributed by atoms with Crippen LogP contribution in [0.4, 0.5) is 9.59 Å². The number of nitrogens with two attached hydrogens (primary N) is 1. The minimum Gasteiger partial charge on any atom is -0.497 e. The molecule has 0 bridgehead atoms. The Morgan fingerprint density at radius 3 is 2.12 bits per heavy atom. The molecule has 1 unspecified atom stereocenters. The molecule has 10 nitrogen and oxygen atoms in total. The van der Waals surface area contributed by atoms with Crippen LogP contribution in [0.5, 0.6) is 17.2 Å². The van der Waals surface area contributed by atoms with Crippen LogP contribution in [0.15, 0.2) is 42.5 Å². The van der Waals surface area contributed by atoms with E-state index in [1.807, 2.05) is 24.3 Å². The number of carbonyl (C=O) groups is 3. The van der Waals surface area contributed by atoms with E-state index in [4.69, 9.17) is 24.7 Å². The molecule has 10 heteroatoms. The highest BCUT2D eigenvalue weighted by atomic mass is 16.7. The third kappa shape index (κ3) is 8.82. The first-order valence-electron chi connectivity index (χ1n) is 9.90. The van der Waals surface area contributed by atoms with Gasteiger partial charge in [0.05, 0.1) is 20.8 Å². The zero-order chi connectivity index (χ0) is 24.2. The molecule has 0 aliphatic carbocycles. The van der Waals surface area contributed by atoms with Crippen LogP contribution in [0.1, 0.15) is 18.1 Å². The maximum atomic E-state index is 11.8. The molecule has 3 N–H and O–H groups in total. The summed E-state index contributed by atoms with van der Waals surface area (Å²) in [5.74, 6) is 1.10. The highest BCUT2D eigenvalue weighted by Gasteiger charge is 2.15. The lowest BCUT2D eigenvalue weighted by Gasteiger charge is -2.11. The van der Waals surface area contributed by atoms with Crippen molar-refractivity contribution in [2.45, 2.75) is 13.0 Å². The van der Waals surface area contributed by atoms with Gasteiger partial charge in [-0.15, -0.1) is 0 Å². The summed E-state index contributed by atoms with van der Waals surface area (Å²) in [6.45, 7) is 1.25. The molecule has 2 amide bonds. The predicted molar refractivity (Wildman–Crippen MR) is 120 cm³/mol. The van der Waals surface area contributed by atoms with Gasteiger partial charge in [-0.05, 0) is 42.3 Å². The molecule has 0 saturated carbocycles. The maximum Gasteiger partial charge on any atom is 0.513 e. The first-order chi connectivity index (χ1) is 15.8. The summed E-state index contributed by atoms with van der Waals surface area (Å²) >= 11 is 0. The third-order valence-electron chi connectivity index (χ3n) is 4.21. The van der Waals surface area contributed by atoms with E-state index in [0.29, 0.717) is 17.2 Å². The Morgan fingerprint density at radius 1 is 0.939 bits per heavy atom. The Labute approximate surface area is 191 Å². The van der Waals surface area contributed by atoms with Crippen LogP contribution in [0.25, 0.3) is 12.2 Å². The van der Waals surface area contributed by atoms with Crippen molar-refractivity contribution in [1.82, 2.24) is 5.32 Å². The number of rotatable bonds is 10. The van der Waals surface area contributed by atoms with E-state index < -0.39 is 24.3 Å². The summed E-state index contributed by atoms with van der Waals surface area (Å²) in [5, 5.41) is 2.43. The van der Waals surface area contributed by atoms with Crippen molar-refractivity contribution in [3.63, 3.8) is 0 Å². The number of methoxy groups -OCH3 is 2. The third-order valence-corrected chi connectivity index (χ3v) is 4.21. The molecule has 0 aromatic heterocycles. The van der Waals surface area contributed by atoms with Crippen molar-refractivity contribution < 1.29 is 38.1 Å². The van der Waals surface area contributed by atoms with Gasteiger partial charge in [0.25, 0.3) is 5.91 Å². The second-order valence-electron chi connectivity index (χ2n) is 6.62. The fourth-order valence-corrected chi connectivity index (χ4v) is 2.57. The molecule has 0 heterocycles. The summed E-state index contributed by atoms with van der Waals surface area (Å²) in [4.78, 5) is 34.0. The van der Waals surface area contributed by atoms with Crippen molar-refractivity contribution >= 4 is 30.3 Å². The van der Waals surface area contributed by atoms with Crippen molar-refractivity contribution in [2.24, 2.45) is 5.73 Å². The molecule has 0 radical (unpaired) electrons. The number of hydrogen-bond donors (Lipinski definition) is 2. The average molecular weight is 458 g/mol. The standard InChI is InChI=1S/C23H26N2O8/c1-15(32-22(24)27)21(26)25-10-11-31-23(28)33-18-8-6-16(7-9-18)4-5-17-12-19(29-2)14-20(13-17)30-3/h4-9,12-15H,10-11H2,1-3H3,(H2,24,27)(H,25,26). The molecular formula is C23H26N2O8. The van der Waals surface area contributed by atoms with Crippen LogP contribution in [0.3, 0.4) is 0 Å². The molecule has 0 aliphatic heterocycles. The number of benzene rings is 2. The fraction of sp³-hybridized carbons (Fsp3) is 0.261. The Hall–Kier alpha value is -4.21. The molecule has 0 spiro atoms. The summed E-state index contributed by atoms with van der Waals surface area (Å²) in [7, 11) is 3.17. The quantitative estimate of drug-likeness (QED) is 0.240. The van der Waals surface area contributed by atoms with Gasteiger partial charge in [0, 0.05) is 6.07 Å². The largest absolute Gasteiger partial charge is 0.513 e. The second kappa shape index (κ2) is 12.6. The van der Waals surface area contributed by atoms with E-state index in [1.165, 1.54) is 6.92 Å². The first kappa shape index (κ1) is 25.1. The summed E-state index contributed by atoms with van der Waals surface area (Å²) in [6.07, 6.45) is 0.769. The molecule has 0 aliphatic rings. The van der Waals surface area contributed by atoms with E-state index in [2.05, 4.69) is 10.1 Å². The highest BCUT2D eigenvalue weighted by Crippen LogP contribution is 2.24. The van der Waals surface area contributed by atoms with Crippen LogP contribution < -0.4 is 25.3 Å². The molecule has 176 valence electrons. The van der Waals surface area contributed by atoms with E-state index >= 15 is 0 Å². The molecule has 2 aromatic rings. The Morgan fingerprint density at radius 2 is 1.55 bits per heavy atom. The topological polar surface area (TPSA) is 135 Å². The van der Waals surface area contributed by atoms with Crippen molar-refractivity contribution in [1.29, 1.82) is 0 Å². The van der Waals surface area contributed by atoms with Gasteiger partial charge < -0.3 is 34.7 Å². The van der Waals surface area contributed by atoms with E-state index in [-0.39, 0.29) is 13.2 Å². The Kier molecular flexibility index (Phi) is 9.56. The lowest BCUT2D eigenvalue weighted by atomic mass is 10.1. The SMILES string of the molecule is COc1cc(C=Cc2ccc(OC(=O)OCCNC(=O)C(C)OC(N)=O)cc2)cc(OC)c1. The van der Waals surface area contributed by atoms with Crippen LogP contribution in [0.2, 0.25) is 0 Å². The zero-order valence-corrected chi connectivity index (χ0v) is 18.5. The predicted octanol–water partition coefficient (Wildman–Crippen LogP) is 2.99. The van der Waals surface area contributed by atoms with Gasteiger partial charge in [0.2, 0.25) is 0 Å². The number of hydrogen-bond acceptors (Lipinski definition) is 8. The summed E-state index contributed by atoms with van der Waals surface area (Å²) < 4.78 is 25.0. The van der Waals surface area contributed by atoms with Gasteiger partial charge in [-0.3, -0.25) is 4.79 Å². The molecular weight excluding hydrogens is 432 g/mol. The summed E-state index contributed by atoms with van der Waals surface area (Å²) in [5.41, 5.74) is 6.62. The number of carbonyl (C=O) groups excluding carboxylic acids is 3. The van der Waals surface area contributed by atoms with Gasteiger partial charge in [-0.25, -0.2) is 9.59 Å². The van der Waals surface area contributed by atoms with Crippen molar-refractivity contribution in [3.8, 4) is 17.2 Å². The average Bonchev–Trinajstić information content (AvgIpc) is 2.80. The van der Waals surface area contributed by atoms with Crippen molar-refractivity contribution in [3.05, 3.63) is 53.6 Å². The molecule has 2 aromatic carbocycles. The van der Waals surface area contributed by atoms with Crippen molar-refractivity contribution in [2.75, 3.05) is 27.4 Å². The molecule has 2 rings (SSSR count). The van der Waals surface area contributed by atoms with E-state index in [0.717, 1.165) is 11.1 Å². The molecule has 1 atom stereocenters. The molecule has 0 saturated heterocycles. The lowest BCUT2D eigenvalue weighted by Crippen LogP contribution is -2.38.